The Morgan fingerprint density at radius 3 is 2.48 bits per heavy atom. The van der Waals surface area contributed by atoms with Gasteiger partial charge >= 0.3 is 0 Å². The van der Waals surface area contributed by atoms with Crippen molar-refractivity contribution in [1.29, 1.82) is 0 Å². The second-order valence-corrected chi connectivity index (χ2v) is 9.28. The third-order valence-electron chi connectivity index (χ3n) is 5.74. The maximum Gasteiger partial charge on any atom is 0.248 e. The lowest BCUT2D eigenvalue weighted by Crippen LogP contribution is -2.12. The van der Waals surface area contributed by atoms with Crippen LogP contribution in [0.15, 0.2) is 91.7 Å². The number of amides is 1. The largest absolute Gasteiger partial charge is 0.457 e. The lowest BCUT2D eigenvalue weighted by Gasteiger charge is -2.12. The molecule has 3 N–H and O–H groups in total. The zero-order valence-corrected chi connectivity index (χ0v) is 22.4. The van der Waals surface area contributed by atoms with E-state index in [0.717, 1.165) is 22.7 Å². The Balaban J connectivity index is 1.21. The minimum Gasteiger partial charge on any atom is -0.457 e. The van der Waals surface area contributed by atoms with Crippen molar-refractivity contribution in [2.45, 2.75) is 6.92 Å². The number of fused-ring (bicyclic) bond motifs is 1. The summed E-state index contributed by atoms with van der Waals surface area (Å²) in [6.07, 6.45) is 8.13. The molecule has 0 bridgehead atoms. The number of carbonyl (C=O) groups is 1. The second kappa shape index (κ2) is 12.0. The SMILES string of the molecule is Cc1cc(Nc2cc(Nc3cccc(NC(=O)/C=C/CN(C)C)c3)ncn2)ccc1Oc1ccn2ncnc2c1. The van der Waals surface area contributed by atoms with Gasteiger partial charge in [0.15, 0.2) is 5.65 Å². The van der Waals surface area contributed by atoms with Gasteiger partial charge in [0.25, 0.3) is 0 Å². The van der Waals surface area contributed by atoms with E-state index >= 15 is 0 Å². The molecule has 0 aliphatic rings. The Kier molecular flexibility index (Phi) is 7.93. The number of hydrogen-bond acceptors (Lipinski definition) is 9. The van der Waals surface area contributed by atoms with E-state index in [2.05, 4.69) is 36.0 Å². The van der Waals surface area contributed by atoms with Gasteiger partial charge in [0.2, 0.25) is 5.91 Å². The van der Waals surface area contributed by atoms with E-state index in [0.29, 0.717) is 35.3 Å². The summed E-state index contributed by atoms with van der Waals surface area (Å²) in [6.45, 7) is 2.67. The number of pyridine rings is 1. The molecule has 0 spiro atoms. The van der Waals surface area contributed by atoms with Crippen molar-refractivity contribution < 1.29 is 9.53 Å². The van der Waals surface area contributed by atoms with Gasteiger partial charge in [-0.15, -0.1) is 0 Å². The van der Waals surface area contributed by atoms with Crippen molar-refractivity contribution in [3.8, 4) is 11.5 Å². The number of nitrogens with zero attached hydrogens (tertiary/aromatic N) is 6. The molecule has 0 aliphatic heterocycles. The fraction of sp³-hybridized carbons (Fsp3) is 0.138. The molecular formula is C29H29N9O2. The average Bonchev–Trinajstić information content (AvgIpc) is 3.38. The van der Waals surface area contributed by atoms with E-state index in [9.17, 15) is 4.79 Å². The number of anilines is 5. The molecule has 0 unspecified atom stereocenters. The monoisotopic (exact) mass is 535 g/mol. The highest BCUT2D eigenvalue weighted by Crippen LogP contribution is 2.29. The molecule has 0 aliphatic carbocycles. The zero-order chi connectivity index (χ0) is 27.9. The van der Waals surface area contributed by atoms with Crippen LogP contribution >= 0.6 is 0 Å². The zero-order valence-electron chi connectivity index (χ0n) is 22.4. The van der Waals surface area contributed by atoms with E-state index < -0.39 is 0 Å². The van der Waals surface area contributed by atoms with Crippen LogP contribution in [0.25, 0.3) is 5.65 Å². The number of benzene rings is 2. The van der Waals surface area contributed by atoms with Crippen molar-refractivity contribution in [2.75, 3.05) is 36.6 Å². The predicted octanol–water partition coefficient (Wildman–Crippen LogP) is 5.16. The summed E-state index contributed by atoms with van der Waals surface area (Å²) in [7, 11) is 3.89. The Morgan fingerprint density at radius 1 is 0.925 bits per heavy atom. The van der Waals surface area contributed by atoms with Crippen LogP contribution in [-0.4, -0.2) is 56.0 Å². The minimum absolute atomic E-state index is 0.185. The van der Waals surface area contributed by atoms with Gasteiger partial charge in [-0.1, -0.05) is 12.1 Å². The summed E-state index contributed by atoms with van der Waals surface area (Å²) in [6, 6.07) is 18.7. The number of rotatable bonds is 10. The number of aryl methyl sites for hydroxylation is 1. The number of aromatic nitrogens is 5. The molecule has 3 aromatic heterocycles. The second-order valence-electron chi connectivity index (χ2n) is 9.28. The molecule has 5 rings (SSSR count). The van der Waals surface area contributed by atoms with Gasteiger partial charge in [-0.25, -0.2) is 19.5 Å². The maximum atomic E-state index is 12.2. The molecule has 0 fully saturated rings. The molecular weight excluding hydrogens is 506 g/mol. The maximum absolute atomic E-state index is 12.2. The molecule has 2 aromatic carbocycles. The Bertz CT molecular complexity index is 1660. The van der Waals surface area contributed by atoms with E-state index in [1.54, 1.807) is 10.7 Å². The van der Waals surface area contributed by atoms with Crippen LogP contribution in [0.3, 0.4) is 0 Å². The molecule has 11 nitrogen and oxygen atoms in total. The predicted molar refractivity (Wildman–Crippen MR) is 156 cm³/mol. The van der Waals surface area contributed by atoms with Crippen molar-refractivity contribution in [2.24, 2.45) is 0 Å². The number of likely N-dealkylation sites (N-methyl/N-ethyl adjacent to an activating group) is 1. The fourth-order valence-corrected chi connectivity index (χ4v) is 3.85. The number of ether oxygens (including phenoxy) is 1. The molecule has 1 amide bonds. The lowest BCUT2D eigenvalue weighted by molar-refractivity contribution is -0.111. The summed E-state index contributed by atoms with van der Waals surface area (Å²) in [5, 5.41) is 13.5. The number of hydrogen-bond donors (Lipinski definition) is 3. The van der Waals surface area contributed by atoms with Gasteiger partial charge in [0, 0.05) is 48.0 Å². The molecule has 3 heterocycles. The van der Waals surface area contributed by atoms with Gasteiger partial charge < -0.3 is 25.6 Å². The molecule has 0 saturated carbocycles. The molecule has 0 atom stereocenters. The molecule has 40 heavy (non-hydrogen) atoms. The van der Waals surface area contributed by atoms with Crippen LogP contribution in [0.5, 0.6) is 11.5 Å². The minimum atomic E-state index is -0.185. The molecule has 0 radical (unpaired) electrons. The van der Waals surface area contributed by atoms with Crippen molar-refractivity contribution in [3.05, 3.63) is 97.2 Å². The third kappa shape index (κ3) is 6.97. The van der Waals surface area contributed by atoms with Crippen LogP contribution in [0.4, 0.5) is 28.7 Å². The summed E-state index contributed by atoms with van der Waals surface area (Å²) >= 11 is 0. The molecule has 0 saturated heterocycles. The van der Waals surface area contributed by atoms with E-state index in [1.807, 2.05) is 92.7 Å². The smallest absolute Gasteiger partial charge is 0.248 e. The lowest BCUT2D eigenvalue weighted by atomic mass is 10.2. The quantitative estimate of drug-likeness (QED) is 0.208. The highest BCUT2D eigenvalue weighted by atomic mass is 16.5. The standard InChI is InChI=1S/C29H29N9O2/c1-20-14-23(9-10-25(20)40-24-11-13-38-28(16-24)32-19-33-38)35-27-17-26(30-18-31-27)34-21-6-4-7-22(15-21)36-29(39)8-5-12-37(2)3/h4-11,13-19H,12H2,1-3H3,(H,36,39)(H2,30,31,34,35)/b8-5+. The van der Waals surface area contributed by atoms with Crippen LogP contribution in [0.2, 0.25) is 0 Å². The Labute approximate surface area is 231 Å². The first kappa shape index (κ1) is 26.3. The number of nitrogens with one attached hydrogen (secondary N) is 3. The normalized spacial score (nSPS) is 11.2. The van der Waals surface area contributed by atoms with Crippen LogP contribution < -0.4 is 20.7 Å². The molecule has 11 heteroatoms. The topological polar surface area (TPSA) is 122 Å². The third-order valence-corrected chi connectivity index (χ3v) is 5.74. The highest BCUT2D eigenvalue weighted by molar-refractivity contribution is 5.99. The Morgan fingerprint density at radius 2 is 1.70 bits per heavy atom. The van der Waals surface area contributed by atoms with Crippen molar-refractivity contribution in [3.63, 3.8) is 0 Å². The Hall–Kier alpha value is -5.29. The fourth-order valence-electron chi connectivity index (χ4n) is 3.85. The van der Waals surface area contributed by atoms with Crippen LogP contribution in [0.1, 0.15) is 5.56 Å². The van der Waals surface area contributed by atoms with Crippen molar-refractivity contribution in [1.82, 2.24) is 29.5 Å². The van der Waals surface area contributed by atoms with Gasteiger partial charge in [-0.05, 0) is 69.0 Å². The highest BCUT2D eigenvalue weighted by Gasteiger charge is 2.07. The van der Waals surface area contributed by atoms with E-state index in [-0.39, 0.29) is 5.91 Å². The summed E-state index contributed by atoms with van der Waals surface area (Å²) in [4.78, 5) is 27.0. The first-order valence-electron chi connectivity index (χ1n) is 12.6. The molecule has 5 aromatic rings. The van der Waals surface area contributed by atoms with E-state index in [4.69, 9.17) is 4.74 Å². The number of carbonyl (C=O) groups excluding carboxylic acids is 1. The molecule has 202 valence electrons. The first-order valence-corrected chi connectivity index (χ1v) is 12.6. The van der Waals surface area contributed by atoms with Gasteiger partial charge in [-0.3, -0.25) is 4.79 Å². The summed E-state index contributed by atoms with van der Waals surface area (Å²) < 4.78 is 7.74. The average molecular weight is 536 g/mol. The van der Waals surface area contributed by atoms with Crippen LogP contribution in [-0.2, 0) is 4.79 Å². The van der Waals surface area contributed by atoms with Gasteiger partial charge in [0.1, 0.15) is 35.8 Å². The van der Waals surface area contributed by atoms with Crippen molar-refractivity contribution >= 4 is 40.3 Å². The van der Waals surface area contributed by atoms with Crippen LogP contribution in [0, 0.1) is 6.92 Å². The van der Waals surface area contributed by atoms with E-state index in [1.165, 1.54) is 18.7 Å². The summed E-state index contributed by atoms with van der Waals surface area (Å²) in [5.41, 5.74) is 3.98. The van der Waals surface area contributed by atoms with Gasteiger partial charge in [0.05, 0.1) is 0 Å². The van der Waals surface area contributed by atoms with Gasteiger partial charge in [-0.2, -0.15) is 5.10 Å². The summed E-state index contributed by atoms with van der Waals surface area (Å²) in [5.74, 6) is 2.46. The first-order chi connectivity index (χ1) is 19.4.